The van der Waals surface area contributed by atoms with Crippen LogP contribution in [0.3, 0.4) is 0 Å². The van der Waals surface area contributed by atoms with E-state index in [1.54, 1.807) is 22.6 Å². The first-order valence-electron chi connectivity index (χ1n) is 3.67. The van der Waals surface area contributed by atoms with E-state index in [1.165, 1.54) is 0 Å². The number of rotatable bonds is 2. The van der Waals surface area contributed by atoms with Gasteiger partial charge in [-0.25, -0.2) is 4.98 Å². The fourth-order valence-corrected chi connectivity index (χ4v) is 1.42. The van der Waals surface area contributed by atoms with Crippen LogP contribution in [0.2, 0.25) is 0 Å². The molecule has 0 fully saturated rings. The monoisotopic (exact) mass is 334 g/mol. The highest BCUT2D eigenvalue weighted by Gasteiger charge is 2.33. The fraction of sp³-hybridized carbons (Fsp3) is 0.286. The third-order valence-corrected chi connectivity index (χ3v) is 2.16. The van der Waals surface area contributed by atoms with E-state index >= 15 is 0 Å². The summed E-state index contributed by atoms with van der Waals surface area (Å²) in [5, 5.41) is 9.25. The number of ether oxygens (including phenoxy) is 1. The molecular weight excluding hydrogens is 328 g/mol. The van der Waals surface area contributed by atoms with Gasteiger partial charge in [0, 0.05) is 12.6 Å². The van der Waals surface area contributed by atoms with Crippen molar-refractivity contribution in [3.8, 4) is 11.5 Å². The van der Waals surface area contributed by atoms with E-state index in [1.807, 2.05) is 0 Å². The highest BCUT2D eigenvalue weighted by atomic mass is 127. The molecular formula is C7H6F3IN2O2. The van der Waals surface area contributed by atoms with Crippen LogP contribution in [0.5, 0.6) is 11.5 Å². The maximum absolute atomic E-state index is 11.9. The number of hydrogen-bond donors (Lipinski definition) is 2. The number of hydrogen-bond acceptors (Lipinski definition) is 4. The Bertz CT molecular complexity index is 370. The molecule has 15 heavy (non-hydrogen) atoms. The second-order valence-corrected chi connectivity index (χ2v) is 3.52. The third kappa shape index (κ3) is 3.38. The van der Waals surface area contributed by atoms with E-state index in [2.05, 4.69) is 9.72 Å². The molecule has 84 valence electrons. The number of aromatic hydroxyl groups is 1. The predicted octanol–water partition coefficient (Wildman–Crippen LogP) is 1.75. The number of nitrogens with zero attached hydrogens (tertiary/aromatic N) is 1. The van der Waals surface area contributed by atoms with Gasteiger partial charge in [0.2, 0.25) is 0 Å². The van der Waals surface area contributed by atoms with Gasteiger partial charge in [0.1, 0.15) is 3.70 Å². The number of aromatic nitrogens is 1. The van der Waals surface area contributed by atoms with Crippen molar-refractivity contribution in [2.75, 3.05) is 0 Å². The Hall–Kier alpha value is -0.770. The Balaban J connectivity index is 3.11. The largest absolute Gasteiger partial charge is 0.573 e. The zero-order valence-corrected chi connectivity index (χ0v) is 9.33. The second-order valence-electron chi connectivity index (χ2n) is 2.50. The van der Waals surface area contributed by atoms with Crippen LogP contribution in [0.4, 0.5) is 13.2 Å². The molecule has 0 aliphatic carbocycles. The van der Waals surface area contributed by atoms with Gasteiger partial charge in [0.25, 0.3) is 0 Å². The first-order chi connectivity index (χ1) is 6.83. The van der Waals surface area contributed by atoms with Crippen LogP contribution >= 0.6 is 22.6 Å². The third-order valence-electron chi connectivity index (χ3n) is 1.40. The van der Waals surface area contributed by atoms with Crippen molar-refractivity contribution >= 4 is 22.6 Å². The maximum Gasteiger partial charge on any atom is 0.573 e. The average molecular weight is 334 g/mol. The lowest BCUT2D eigenvalue weighted by Crippen LogP contribution is -2.18. The smallest absolute Gasteiger partial charge is 0.502 e. The fourth-order valence-electron chi connectivity index (χ4n) is 0.840. The lowest BCUT2D eigenvalue weighted by atomic mass is 10.3. The number of pyridine rings is 1. The van der Waals surface area contributed by atoms with Crippen molar-refractivity contribution < 1.29 is 23.0 Å². The topological polar surface area (TPSA) is 68.4 Å². The Kier molecular flexibility index (Phi) is 3.60. The summed E-state index contributed by atoms with van der Waals surface area (Å²) in [5.41, 5.74) is 5.42. The van der Waals surface area contributed by atoms with Gasteiger partial charge < -0.3 is 15.6 Å². The maximum atomic E-state index is 11.9. The summed E-state index contributed by atoms with van der Waals surface area (Å²) >= 11 is 1.59. The van der Waals surface area contributed by atoms with E-state index in [0.717, 1.165) is 6.07 Å². The van der Waals surface area contributed by atoms with E-state index in [4.69, 9.17) is 5.73 Å². The van der Waals surface area contributed by atoms with Crippen LogP contribution in [0.25, 0.3) is 0 Å². The molecule has 1 aromatic heterocycles. The van der Waals surface area contributed by atoms with Gasteiger partial charge in [-0.15, -0.1) is 13.2 Å². The Morgan fingerprint density at radius 3 is 2.60 bits per heavy atom. The first-order valence-corrected chi connectivity index (χ1v) is 4.75. The minimum absolute atomic E-state index is 0.00907. The van der Waals surface area contributed by atoms with Crippen LogP contribution in [0.15, 0.2) is 6.07 Å². The van der Waals surface area contributed by atoms with Gasteiger partial charge in [-0.3, -0.25) is 0 Å². The van der Waals surface area contributed by atoms with Crippen LogP contribution in [-0.2, 0) is 6.54 Å². The average Bonchev–Trinajstić information content (AvgIpc) is 2.10. The molecule has 0 aliphatic rings. The lowest BCUT2D eigenvalue weighted by Gasteiger charge is -2.11. The Morgan fingerprint density at radius 2 is 2.13 bits per heavy atom. The molecule has 0 amide bonds. The van der Waals surface area contributed by atoms with Crippen LogP contribution in [0.1, 0.15) is 5.69 Å². The molecule has 0 spiro atoms. The summed E-state index contributed by atoms with van der Waals surface area (Å²) in [6.45, 7) is -0.0372. The second kappa shape index (κ2) is 4.39. The minimum Gasteiger partial charge on any atom is -0.502 e. The quantitative estimate of drug-likeness (QED) is 0.639. The van der Waals surface area contributed by atoms with E-state index in [9.17, 15) is 18.3 Å². The van der Waals surface area contributed by atoms with E-state index in [-0.39, 0.29) is 15.9 Å². The molecule has 1 heterocycles. The van der Waals surface area contributed by atoms with Gasteiger partial charge in [-0.2, -0.15) is 0 Å². The minimum atomic E-state index is -4.85. The molecule has 4 nitrogen and oxygen atoms in total. The van der Waals surface area contributed by atoms with Crippen molar-refractivity contribution in [2.24, 2.45) is 5.73 Å². The zero-order valence-electron chi connectivity index (χ0n) is 7.18. The zero-order chi connectivity index (χ0) is 11.6. The number of alkyl halides is 3. The van der Waals surface area contributed by atoms with Crippen LogP contribution in [-0.4, -0.2) is 16.5 Å². The lowest BCUT2D eigenvalue weighted by molar-refractivity contribution is -0.275. The molecule has 0 radical (unpaired) electrons. The summed E-state index contributed by atoms with van der Waals surface area (Å²) in [6.07, 6.45) is -4.85. The van der Waals surface area contributed by atoms with Gasteiger partial charge in [0.05, 0.1) is 5.69 Å². The van der Waals surface area contributed by atoms with Gasteiger partial charge in [-0.05, 0) is 22.6 Å². The molecule has 8 heteroatoms. The van der Waals surface area contributed by atoms with Crippen molar-refractivity contribution in [1.29, 1.82) is 0 Å². The van der Waals surface area contributed by atoms with Crippen molar-refractivity contribution in [3.05, 3.63) is 15.5 Å². The molecule has 0 saturated heterocycles. The van der Waals surface area contributed by atoms with Gasteiger partial charge >= 0.3 is 6.36 Å². The van der Waals surface area contributed by atoms with Crippen LogP contribution < -0.4 is 10.5 Å². The molecule has 0 unspecified atom stereocenters. The Labute approximate surface area is 96.4 Å². The number of halogens is 4. The summed E-state index contributed by atoms with van der Waals surface area (Å²) in [6, 6.07) is 0.949. The highest BCUT2D eigenvalue weighted by Crippen LogP contribution is 2.34. The first kappa shape index (κ1) is 12.3. The molecule has 0 bridgehead atoms. The standard InChI is InChI=1S/C7H6F3IN2O2/c8-7(9,10)15-4-1-3(2-12)13-6(11)5(4)14/h1,14H,2,12H2. The molecule has 0 aromatic carbocycles. The predicted molar refractivity (Wildman–Crippen MR) is 53.2 cm³/mol. The van der Waals surface area contributed by atoms with Crippen molar-refractivity contribution in [1.82, 2.24) is 4.98 Å². The van der Waals surface area contributed by atoms with Gasteiger partial charge in [-0.1, -0.05) is 0 Å². The van der Waals surface area contributed by atoms with Crippen molar-refractivity contribution in [2.45, 2.75) is 12.9 Å². The highest BCUT2D eigenvalue weighted by molar-refractivity contribution is 14.1. The van der Waals surface area contributed by atoms with Gasteiger partial charge in [0.15, 0.2) is 11.5 Å². The normalized spacial score (nSPS) is 11.5. The summed E-state index contributed by atoms with van der Waals surface area (Å²) in [7, 11) is 0. The number of nitrogens with two attached hydrogens (primary N) is 1. The summed E-state index contributed by atoms with van der Waals surface area (Å²) < 4.78 is 39.3. The Morgan fingerprint density at radius 1 is 1.53 bits per heavy atom. The van der Waals surface area contributed by atoms with Crippen molar-refractivity contribution in [3.63, 3.8) is 0 Å². The molecule has 0 atom stereocenters. The summed E-state index contributed by atoms with van der Waals surface area (Å²) in [5.74, 6) is -1.34. The van der Waals surface area contributed by atoms with E-state index < -0.39 is 17.9 Å². The molecule has 1 rings (SSSR count). The SMILES string of the molecule is NCc1cc(OC(F)(F)F)c(O)c(I)n1. The summed E-state index contributed by atoms with van der Waals surface area (Å²) in [4.78, 5) is 3.75. The van der Waals surface area contributed by atoms with E-state index in [0.29, 0.717) is 0 Å². The van der Waals surface area contributed by atoms with Crippen LogP contribution in [0, 0.1) is 3.70 Å². The molecule has 1 aromatic rings. The molecule has 3 N–H and O–H groups in total. The molecule has 0 saturated carbocycles. The molecule has 0 aliphatic heterocycles.